The highest BCUT2D eigenvalue weighted by Gasteiger charge is 2.28. The second-order valence-electron chi connectivity index (χ2n) is 6.99. The van der Waals surface area contributed by atoms with Crippen LogP contribution in [-0.4, -0.2) is 64.7 Å². The minimum absolute atomic E-state index is 0.0405. The molecule has 27 heavy (non-hydrogen) atoms. The van der Waals surface area contributed by atoms with Gasteiger partial charge in [0.25, 0.3) is 11.8 Å². The third-order valence-corrected chi connectivity index (χ3v) is 5.33. The lowest BCUT2D eigenvalue weighted by atomic mass is 10.1. The molecule has 0 spiro atoms. The lowest BCUT2D eigenvalue weighted by molar-refractivity contribution is 0.0530. The largest absolute Gasteiger partial charge is 0.496 e. The van der Waals surface area contributed by atoms with Crippen LogP contribution in [0.1, 0.15) is 39.4 Å². The van der Waals surface area contributed by atoms with Gasteiger partial charge in [-0.05, 0) is 37.5 Å². The molecule has 7 heteroatoms. The van der Waals surface area contributed by atoms with Gasteiger partial charge in [-0.1, -0.05) is 12.1 Å². The third kappa shape index (κ3) is 3.41. The van der Waals surface area contributed by atoms with E-state index in [4.69, 9.17) is 4.74 Å². The fourth-order valence-electron chi connectivity index (χ4n) is 3.79. The standard InChI is InChI=1S/C20H24N4O3/c1-27-18-8-3-2-7-16(18)19(25)22-10-12-23(13-11-22)20(26)17-14-15-6-4-5-9-24(15)21-17/h2-3,7-8,14H,4-6,9-13H2,1H3. The van der Waals surface area contributed by atoms with Crippen molar-refractivity contribution in [2.75, 3.05) is 33.3 Å². The summed E-state index contributed by atoms with van der Waals surface area (Å²) in [6, 6.07) is 9.16. The minimum atomic E-state index is -0.0583. The number of methoxy groups -OCH3 is 1. The molecule has 0 radical (unpaired) electrons. The lowest BCUT2D eigenvalue weighted by Crippen LogP contribution is -2.50. The van der Waals surface area contributed by atoms with Gasteiger partial charge in [-0.15, -0.1) is 0 Å². The van der Waals surface area contributed by atoms with Gasteiger partial charge in [0.05, 0.1) is 12.7 Å². The van der Waals surface area contributed by atoms with Crippen molar-refractivity contribution in [2.45, 2.75) is 25.8 Å². The quantitative estimate of drug-likeness (QED) is 0.829. The van der Waals surface area contributed by atoms with Crippen LogP contribution >= 0.6 is 0 Å². The molecule has 0 bridgehead atoms. The number of hydrogen-bond acceptors (Lipinski definition) is 4. The van der Waals surface area contributed by atoms with Crippen LogP contribution in [0.25, 0.3) is 0 Å². The highest BCUT2D eigenvalue weighted by Crippen LogP contribution is 2.21. The zero-order valence-corrected chi connectivity index (χ0v) is 15.6. The molecule has 0 unspecified atom stereocenters. The zero-order valence-electron chi connectivity index (χ0n) is 15.6. The van der Waals surface area contributed by atoms with Crippen molar-refractivity contribution in [2.24, 2.45) is 0 Å². The first kappa shape index (κ1) is 17.6. The lowest BCUT2D eigenvalue weighted by Gasteiger charge is -2.34. The molecule has 3 heterocycles. The number of hydrogen-bond donors (Lipinski definition) is 0. The van der Waals surface area contributed by atoms with E-state index in [1.807, 2.05) is 22.9 Å². The number of rotatable bonds is 3. The molecule has 1 fully saturated rings. The van der Waals surface area contributed by atoms with Gasteiger partial charge in [-0.25, -0.2) is 0 Å². The van der Waals surface area contributed by atoms with Crippen LogP contribution in [0.5, 0.6) is 5.75 Å². The zero-order chi connectivity index (χ0) is 18.8. The number of fused-ring (bicyclic) bond motifs is 1. The second-order valence-corrected chi connectivity index (χ2v) is 6.99. The van der Waals surface area contributed by atoms with Crippen molar-refractivity contribution in [1.29, 1.82) is 0 Å². The first-order valence-electron chi connectivity index (χ1n) is 9.45. The smallest absolute Gasteiger partial charge is 0.274 e. The van der Waals surface area contributed by atoms with Crippen molar-refractivity contribution in [3.8, 4) is 5.75 Å². The summed E-state index contributed by atoms with van der Waals surface area (Å²) in [5.41, 5.74) is 2.23. The Bertz CT molecular complexity index is 829. The Morgan fingerprint density at radius 1 is 0.963 bits per heavy atom. The molecule has 2 amide bonds. The van der Waals surface area contributed by atoms with Crippen molar-refractivity contribution < 1.29 is 14.3 Å². The van der Waals surface area contributed by atoms with Gasteiger partial charge in [0.15, 0.2) is 5.69 Å². The van der Waals surface area contributed by atoms with Crippen LogP contribution in [0.2, 0.25) is 0 Å². The summed E-state index contributed by atoms with van der Waals surface area (Å²) in [5.74, 6) is 0.475. The molecule has 2 aliphatic heterocycles. The van der Waals surface area contributed by atoms with Gasteiger partial charge in [0.2, 0.25) is 0 Å². The normalized spacial score (nSPS) is 16.8. The molecule has 1 aromatic carbocycles. The van der Waals surface area contributed by atoms with Crippen LogP contribution in [0.15, 0.2) is 30.3 Å². The minimum Gasteiger partial charge on any atom is -0.496 e. The molecule has 0 aliphatic carbocycles. The van der Waals surface area contributed by atoms with Gasteiger partial charge in [-0.2, -0.15) is 5.10 Å². The summed E-state index contributed by atoms with van der Waals surface area (Å²) >= 11 is 0. The Labute approximate surface area is 158 Å². The number of aryl methyl sites for hydroxylation is 2. The fraction of sp³-hybridized carbons (Fsp3) is 0.450. The number of nitrogens with zero attached hydrogens (tertiary/aromatic N) is 4. The number of ether oxygens (including phenoxy) is 1. The van der Waals surface area contributed by atoms with E-state index in [-0.39, 0.29) is 11.8 Å². The first-order chi connectivity index (χ1) is 13.2. The summed E-state index contributed by atoms with van der Waals surface area (Å²) in [6.45, 7) is 2.94. The van der Waals surface area contributed by atoms with E-state index in [2.05, 4.69) is 5.10 Å². The number of piperazine rings is 1. The van der Waals surface area contributed by atoms with E-state index < -0.39 is 0 Å². The number of carbonyl (C=O) groups excluding carboxylic acids is 2. The van der Waals surface area contributed by atoms with E-state index in [1.54, 1.807) is 29.0 Å². The number of carbonyl (C=O) groups is 2. The van der Waals surface area contributed by atoms with Gasteiger partial charge in [-0.3, -0.25) is 14.3 Å². The van der Waals surface area contributed by atoms with E-state index >= 15 is 0 Å². The molecule has 2 aromatic rings. The summed E-state index contributed by atoms with van der Waals surface area (Å²) in [4.78, 5) is 29.1. The highest BCUT2D eigenvalue weighted by molar-refractivity contribution is 5.97. The van der Waals surface area contributed by atoms with Crippen molar-refractivity contribution >= 4 is 11.8 Å². The Hall–Kier alpha value is -2.83. The maximum atomic E-state index is 12.8. The number of para-hydroxylation sites is 1. The monoisotopic (exact) mass is 368 g/mol. The summed E-state index contributed by atoms with van der Waals surface area (Å²) < 4.78 is 7.25. The van der Waals surface area contributed by atoms with E-state index in [9.17, 15) is 9.59 Å². The highest BCUT2D eigenvalue weighted by atomic mass is 16.5. The van der Waals surface area contributed by atoms with Crippen LogP contribution in [0, 0.1) is 0 Å². The number of amides is 2. The molecule has 142 valence electrons. The van der Waals surface area contributed by atoms with Gasteiger partial charge >= 0.3 is 0 Å². The predicted octanol–water partition coefficient (Wildman–Crippen LogP) is 1.83. The van der Waals surface area contributed by atoms with Crippen LogP contribution in [0.4, 0.5) is 0 Å². The van der Waals surface area contributed by atoms with Crippen LogP contribution in [0.3, 0.4) is 0 Å². The maximum Gasteiger partial charge on any atom is 0.274 e. The van der Waals surface area contributed by atoms with Gasteiger partial charge < -0.3 is 14.5 Å². The first-order valence-corrected chi connectivity index (χ1v) is 9.45. The van der Waals surface area contributed by atoms with Crippen LogP contribution < -0.4 is 4.74 Å². The molecule has 4 rings (SSSR count). The van der Waals surface area contributed by atoms with Gasteiger partial charge in [0, 0.05) is 38.4 Å². The average Bonchev–Trinajstić information content (AvgIpc) is 3.17. The summed E-state index contributed by atoms with van der Waals surface area (Å²) in [5, 5.41) is 4.48. The summed E-state index contributed by atoms with van der Waals surface area (Å²) in [7, 11) is 1.56. The average molecular weight is 368 g/mol. The van der Waals surface area contributed by atoms with E-state index in [1.165, 1.54) is 0 Å². The maximum absolute atomic E-state index is 12.8. The SMILES string of the molecule is COc1ccccc1C(=O)N1CCN(C(=O)c2cc3n(n2)CCCC3)CC1. The van der Waals surface area contributed by atoms with Gasteiger partial charge in [0.1, 0.15) is 5.75 Å². The molecule has 1 saturated heterocycles. The number of benzene rings is 1. The Morgan fingerprint density at radius 2 is 1.67 bits per heavy atom. The Morgan fingerprint density at radius 3 is 2.37 bits per heavy atom. The molecular formula is C20H24N4O3. The van der Waals surface area contributed by atoms with Crippen LogP contribution in [-0.2, 0) is 13.0 Å². The summed E-state index contributed by atoms with van der Waals surface area (Å²) in [6.07, 6.45) is 3.26. The molecule has 0 N–H and O–H groups in total. The predicted molar refractivity (Wildman–Crippen MR) is 100.0 cm³/mol. The molecule has 7 nitrogen and oxygen atoms in total. The van der Waals surface area contributed by atoms with E-state index in [0.717, 1.165) is 31.5 Å². The molecular weight excluding hydrogens is 344 g/mol. The second kappa shape index (κ2) is 7.42. The topological polar surface area (TPSA) is 67.7 Å². The number of aromatic nitrogens is 2. The van der Waals surface area contributed by atoms with Crippen molar-refractivity contribution in [1.82, 2.24) is 19.6 Å². The molecule has 1 aromatic heterocycles. The molecule has 0 saturated carbocycles. The third-order valence-electron chi connectivity index (χ3n) is 5.33. The van der Waals surface area contributed by atoms with E-state index in [0.29, 0.717) is 43.2 Å². The Kier molecular flexibility index (Phi) is 4.83. The molecule has 2 aliphatic rings. The van der Waals surface area contributed by atoms with Crippen molar-refractivity contribution in [3.05, 3.63) is 47.3 Å². The Balaban J connectivity index is 1.40. The molecule has 0 atom stereocenters. The van der Waals surface area contributed by atoms with Crippen molar-refractivity contribution in [3.63, 3.8) is 0 Å². The fourth-order valence-corrected chi connectivity index (χ4v) is 3.79.